The minimum absolute atomic E-state index is 1.25. The molecule has 18 aromatic carbocycles. The molecule has 111 heavy (non-hydrogen) atoms. The van der Waals surface area contributed by atoms with Gasteiger partial charge in [0, 0.05) is 0 Å². The molecule has 0 N–H and O–H groups in total. The third-order valence-electron chi connectivity index (χ3n) is 20.3. The fourth-order valence-corrected chi connectivity index (χ4v) is 14.7. The zero-order valence-corrected chi connectivity index (χ0v) is 63.8. The maximum Gasteiger partial charge on any atom is -0.00757 e. The van der Waals surface area contributed by atoms with Gasteiger partial charge < -0.3 is 0 Å². The lowest BCUT2D eigenvalue weighted by Crippen LogP contribution is -1.91. The van der Waals surface area contributed by atoms with Crippen LogP contribution in [0.4, 0.5) is 0 Å². The average Bonchev–Trinajstić information content (AvgIpc) is 0.795. The van der Waals surface area contributed by atoms with Crippen LogP contribution in [0, 0.1) is 34.6 Å². The lowest BCUT2D eigenvalue weighted by Gasteiger charge is -2.16. The first-order valence-corrected chi connectivity index (χ1v) is 38.4. The third-order valence-corrected chi connectivity index (χ3v) is 20.3. The fourth-order valence-electron chi connectivity index (χ4n) is 14.7. The Morgan fingerprint density at radius 1 is 0.126 bits per heavy atom. The zero-order chi connectivity index (χ0) is 75.9. The number of aryl methyl sites for hydroxylation is 5. The summed E-state index contributed by atoms with van der Waals surface area (Å²) in [7, 11) is 0. The van der Waals surface area contributed by atoms with E-state index in [-0.39, 0.29) is 0 Å². The molecule has 0 aromatic heterocycles. The number of fused-ring (bicyclic) bond motifs is 1. The van der Waals surface area contributed by atoms with E-state index < -0.39 is 0 Å². The van der Waals surface area contributed by atoms with Gasteiger partial charge in [-0.2, -0.15) is 0 Å². The summed E-state index contributed by atoms with van der Waals surface area (Å²) >= 11 is 0. The Morgan fingerprint density at radius 3 is 0.865 bits per heavy atom. The van der Waals surface area contributed by atoms with E-state index in [1.54, 1.807) is 0 Å². The predicted molar refractivity (Wildman–Crippen MR) is 479 cm³/mol. The minimum atomic E-state index is 1.25. The van der Waals surface area contributed by atoms with Crippen LogP contribution >= 0.6 is 0 Å². The van der Waals surface area contributed by atoms with Crippen LogP contribution in [0.15, 0.2) is 455 Å². The molecule has 0 radical (unpaired) electrons. The molecule has 0 saturated carbocycles. The van der Waals surface area contributed by atoms with E-state index in [0.717, 1.165) is 0 Å². The van der Waals surface area contributed by atoms with Crippen LogP contribution in [0.1, 0.15) is 27.8 Å². The zero-order valence-electron chi connectivity index (χ0n) is 63.8. The Morgan fingerprint density at radius 2 is 0.423 bits per heavy atom. The Hall–Kier alpha value is -13.8. The lowest BCUT2D eigenvalue weighted by atomic mass is 9.88. The summed E-state index contributed by atoms with van der Waals surface area (Å²) in [6, 6.07) is 161. The molecule has 0 aliphatic rings. The van der Waals surface area contributed by atoms with Crippen molar-refractivity contribution >= 4 is 10.8 Å². The highest BCUT2D eigenvalue weighted by atomic mass is 14.2. The molecular weight excluding hydrogens is 1330 g/mol. The van der Waals surface area contributed by atoms with Gasteiger partial charge >= 0.3 is 0 Å². The van der Waals surface area contributed by atoms with Gasteiger partial charge in [-0.25, -0.2) is 0 Å². The molecule has 0 aliphatic heterocycles. The Kier molecular flexibility index (Phi) is 24.5. The van der Waals surface area contributed by atoms with Gasteiger partial charge in [0.15, 0.2) is 0 Å². The van der Waals surface area contributed by atoms with E-state index in [1.165, 1.54) is 172 Å². The van der Waals surface area contributed by atoms with Crippen molar-refractivity contribution in [3.63, 3.8) is 0 Å². The van der Waals surface area contributed by atoms with Crippen LogP contribution in [-0.2, 0) is 0 Å². The van der Waals surface area contributed by atoms with Crippen molar-refractivity contribution in [1.29, 1.82) is 0 Å². The first-order valence-electron chi connectivity index (χ1n) is 38.4. The van der Waals surface area contributed by atoms with Gasteiger partial charge in [-0.15, -0.1) is 0 Å². The van der Waals surface area contributed by atoms with Crippen molar-refractivity contribution < 1.29 is 0 Å². The van der Waals surface area contributed by atoms with Gasteiger partial charge in [-0.3, -0.25) is 0 Å². The molecule has 0 saturated heterocycles. The Balaban J connectivity index is 0.000000118. The first-order chi connectivity index (χ1) is 54.6. The number of benzene rings is 18. The van der Waals surface area contributed by atoms with Crippen molar-refractivity contribution in [3.8, 4) is 134 Å². The van der Waals surface area contributed by atoms with Gasteiger partial charge in [-0.05, 0) is 220 Å². The second kappa shape index (κ2) is 36.7. The second-order valence-electron chi connectivity index (χ2n) is 28.1. The highest BCUT2D eigenvalue weighted by Crippen LogP contribution is 2.41. The topological polar surface area (TPSA) is 0 Å². The molecule has 0 fully saturated rings. The van der Waals surface area contributed by atoms with E-state index in [4.69, 9.17) is 0 Å². The van der Waals surface area contributed by atoms with Gasteiger partial charge in [0.25, 0.3) is 0 Å². The minimum Gasteiger partial charge on any atom is -0.0622 e. The molecule has 0 amide bonds. The summed E-state index contributed by atoms with van der Waals surface area (Å²) in [6.45, 7) is 10.8. The van der Waals surface area contributed by atoms with E-state index in [1.807, 2.05) is 0 Å². The standard InChI is InChI=1S/4C25H20.C11H10/c1-19-17-23(20-11-5-2-6-12-20)18-24(21-13-7-3-8-14-21)25(19)22-15-9-4-10-16-22;1-19-9-7-13-22(17-19)24-15-5-6-16-25(24)23-14-8-12-21(18-23)20-10-3-2-4-11-20;1-19-10-5-6-15-23(19)25-17-8-7-16-24(25)22-14-9-13-21(18-22)20-11-3-2-4-12-20;1-19-14-16-21(17-15-19)24-12-5-6-13-25(24)23-11-7-10-22(18-23)20-8-3-2-4-9-20;1-9-5-4-7-10-6-2-3-8-11(9)10/h4*2-18H,1H3;2-8H,1H3. The molecule has 18 rings (SSSR count). The average molecular weight is 1420 g/mol. The molecule has 0 nitrogen and oxygen atoms in total. The van der Waals surface area contributed by atoms with Gasteiger partial charge in [0.1, 0.15) is 0 Å². The van der Waals surface area contributed by atoms with Crippen LogP contribution in [0.2, 0.25) is 0 Å². The van der Waals surface area contributed by atoms with E-state index in [9.17, 15) is 0 Å². The van der Waals surface area contributed by atoms with Crippen molar-refractivity contribution in [3.05, 3.63) is 483 Å². The van der Waals surface area contributed by atoms with E-state index in [2.05, 4.69) is 490 Å². The normalized spacial score (nSPS) is 10.6. The molecule has 0 aliphatic carbocycles. The summed E-state index contributed by atoms with van der Waals surface area (Å²) in [5.41, 5.74) is 36.8. The monoisotopic (exact) mass is 1420 g/mol. The number of hydrogen-bond acceptors (Lipinski definition) is 0. The molecule has 0 atom stereocenters. The van der Waals surface area contributed by atoms with Crippen LogP contribution < -0.4 is 0 Å². The number of rotatable bonds is 12. The molecule has 0 spiro atoms. The van der Waals surface area contributed by atoms with Crippen LogP contribution in [0.5, 0.6) is 0 Å². The smallest absolute Gasteiger partial charge is 0.00757 e. The highest BCUT2D eigenvalue weighted by Gasteiger charge is 2.16. The van der Waals surface area contributed by atoms with Crippen molar-refractivity contribution in [2.75, 3.05) is 0 Å². The third kappa shape index (κ3) is 18.8. The number of hydrogen-bond donors (Lipinski definition) is 0. The van der Waals surface area contributed by atoms with Crippen molar-refractivity contribution in [2.24, 2.45) is 0 Å². The summed E-state index contributed by atoms with van der Waals surface area (Å²) in [5, 5.41) is 2.68. The SMILES string of the molecule is Cc1cc(-c2ccccc2)cc(-c2ccccc2)c1-c1ccccc1.Cc1ccc(-c2ccccc2-c2cccc(-c3ccccc3)c2)cc1.Cc1cccc(-c2ccccc2-c2cccc(-c3ccccc3)c2)c1.Cc1cccc2ccccc12.Cc1ccccc1-c1ccccc1-c1cccc(-c2ccccc2)c1. The molecule has 0 unspecified atom stereocenters. The van der Waals surface area contributed by atoms with Crippen LogP contribution in [0.3, 0.4) is 0 Å². The molecule has 0 bridgehead atoms. The van der Waals surface area contributed by atoms with E-state index in [0.29, 0.717) is 0 Å². The summed E-state index contributed by atoms with van der Waals surface area (Å²) in [5.74, 6) is 0. The van der Waals surface area contributed by atoms with E-state index >= 15 is 0 Å². The Bertz CT molecular complexity index is 6010. The van der Waals surface area contributed by atoms with Crippen molar-refractivity contribution in [1.82, 2.24) is 0 Å². The fraction of sp³-hybridized carbons (Fsp3) is 0.0450. The molecule has 0 heteroatoms. The summed E-state index contributed by atoms with van der Waals surface area (Å²) in [6.07, 6.45) is 0. The molecule has 0 heterocycles. The van der Waals surface area contributed by atoms with Crippen molar-refractivity contribution in [2.45, 2.75) is 34.6 Å². The Labute approximate surface area is 657 Å². The predicted octanol–water partition coefficient (Wildman–Crippen LogP) is 31.1. The second-order valence-corrected chi connectivity index (χ2v) is 28.1. The maximum atomic E-state index is 2.32. The highest BCUT2D eigenvalue weighted by molar-refractivity contribution is 5.92. The van der Waals surface area contributed by atoms with Crippen LogP contribution in [0.25, 0.3) is 144 Å². The lowest BCUT2D eigenvalue weighted by molar-refractivity contribution is 1.44. The maximum absolute atomic E-state index is 2.32. The summed E-state index contributed by atoms with van der Waals surface area (Å²) < 4.78 is 0. The quantitative estimate of drug-likeness (QED) is 0.114. The molecule has 534 valence electrons. The summed E-state index contributed by atoms with van der Waals surface area (Å²) in [4.78, 5) is 0. The van der Waals surface area contributed by atoms with Gasteiger partial charge in [0.2, 0.25) is 0 Å². The van der Waals surface area contributed by atoms with Gasteiger partial charge in [0.05, 0.1) is 0 Å². The first kappa shape index (κ1) is 74.1. The van der Waals surface area contributed by atoms with Crippen LogP contribution in [-0.4, -0.2) is 0 Å². The molecular formula is C111H90. The largest absolute Gasteiger partial charge is 0.0622 e. The molecule has 18 aromatic rings. The van der Waals surface area contributed by atoms with Gasteiger partial charge in [-0.1, -0.05) is 442 Å².